The van der Waals surface area contributed by atoms with Crippen molar-refractivity contribution < 1.29 is 0 Å². The van der Waals surface area contributed by atoms with E-state index in [4.69, 9.17) is 23.2 Å². The van der Waals surface area contributed by atoms with E-state index in [2.05, 4.69) is 15.3 Å². The number of nitrogens with one attached hydrogen (secondary N) is 1. The monoisotopic (exact) mass is 281 g/mol. The van der Waals surface area contributed by atoms with Crippen molar-refractivity contribution in [1.82, 2.24) is 9.97 Å². The van der Waals surface area contributed by atoms with Crippen molar-refractivity contribution in [2.45, 2.75) is 20.8 Å². The zero-order chi connectivity index (χ0) is 13.3. The van der Waals surface area contributed by atoms with Crippen molar-refractivity contribution in [3.8, 4) is 0 Å². The molecular formula is C13H13Cl2N3. The summed E-state index contributed by atoms with van der Waals surface area (Å²) in [5, 5.41) is 4.18. The molecule has 0 aliphatic heterocycles. The zero-order valence-corrected chi connectivity index (χ0v) is 11.9. The lowest BCUT2D eigenvalue weighted by Crippen LogP contribution is -2.00. The maximum Gasteiger partial charge on any atom is 0.172 e. The summed E-state index contributed by atoms with van der Waals surface area (Å²) in [7, 11) is 0. The van der Waals surface area contributed by atoms with Crippen molar-refractivity contribution in [3.63, 3.8) is 0 Å². The van der Waals surface area contributed by atoms with Crippen LogP contribution >= 0.6 is 23.2 Å². The molecule has 0 spiro atoms. The Bertz CT molecular complexity index is 597. The molecule has 0 atom stereocenters. The molecule has 3 nitrogen and oxygen atoms in total. The smallest absolute Gasteiger partial charge is 0.172 e. The number of aromatic nitrogens is 2. The lowest BCUT2D eigenvalue weighted by atomic mass is 10.2. The molecule has 0 aliphatic carbocycles. The van der Waals surface area contributed by atoms with Crippen LogP contribution in [-0.4, -0.2) is 9.97 Å². The van der Waals surface area contributed by atoms with Crippen LogP contribution in [0.1, 0.15) is 17.0 Å². The van der Waals surface area contributed by atoms with E-state index in [0.29, 0.717) is 16.0 Å². The Morgan fingerprint density at radius 2 is 1.67 bits per heavy atom. The quantitative estimate of drug-likeness (QED) is 0.884. The van der Waals surface area contributed by atoms with Crippen LogP contribution in [0.4, 0.5) is 11.5 Å². The summed E-state index contributed by atoms with van der Waals surface area (Å²) in [6.45, 7) is 5.72. The number of benzene rings is 1. The second-order valence-electron chi connectivity index (χ2n) is 4.12. The average Bonchev–Trinajstić information content (AvgIpc) is 2.31. The van der Waals surface area contributed by atoms with Crippen molar-refractivity contribution >= 4 is 34.7 Å². The first kappa shape index (κ1) is 13.1. The highest BCUT2D eigenvalue weighted by Crippen LogP contribution is 2.26. The number of rotatable bonds is 2. The molecule has 1 heterocycles. The van der Waals surface area contributed by atoms with Gasteiger partial charge in [0.05, 0.1) is 11.4 Å². The Balaban J connectivity index is 2.34. The van der Waals surface area contributed by atoms with Gasteiger partial charge in [0.1, 0.15) is 0 Å². The number of halogens is 2. The highest BCUT2D eigenvalue weighted by Gasteiger charge is 2.07. The molecule has 94 valence electrons. The molecule has 18 heavy (non-hydrogen) atoms. The fraction of sp³-hybridized carbons (Fsp3) is 0.231. The van der Waals surface area contributed by atoms with E-state index in [1.54, 1.807) is 0 Å². The molecule has 1 aromatic carbocycles. The third-order valence-electron chi connectivity index (χ3n) is 2.70. The first-order chi connectivity index (χ1) is 8.47. The minimum atomic E-state index is 0.356. The Kier molecular flexibility index (Phi) is 3.73. The average molecular weight is 282 g/mol. The van der Waals surface area contributed by atoms with Crippen LogP contribution in [-0.2, 0) is 0 Å². The molecule has 0 saturated carbocycles. The van der Waals surface area contributed by atoms with E-state index in [1.807, 2.05) is 39.0 Å². The van der Waals surface area contributed by atoms with E-state index >= 15 is 0 Å². The topological polar surface area (TPSA) is 37.8 Å². The molecule has 0 aliphatic rings. The van der Waals surface area contributed by atoms with Gasteiger partial charge in [-0.15, -0.1) is 0 Å². The SMILES string of the molecule is Cc1ccc(Nc2nc(C)c(C)nc2Cl)cc1Cl. The standard InChI is InChI=1S/C13H13Cl2N3/c1-7-4-5-10(6-11(7)14)18-13-12(15)16-8(2)9(3)17-13/h4-6H,1-3H3,(H,17,18). The highest BCUT2D eigenvalue weighted by molar-refractivity contribution is 6.32. The summed E-state index contributed by atoms with van der Waals surface area (Å²) < 4.78 is 0. The normalized spacial score (nSPS) is 10.5. The summed E-state index contributed by atoms with van der Waals surface area (Å²) in [6, 6.07) is 5.70. The molecule has 0 fully saturated rings. The van der Waals surface area contributed by atoms with Crippen LogP contribution in [0.2, 0.25) is 10.2 Å². The molecule has 2 aromatic rings. The van der Waals surface area contributed by atoms with E-state index < -0.39 is 0 Å². The van der Waals surface area contributed by atoms with Gasteiger partial charge in [0, 0.05) is 10.7 Å². The molecule has 0 bridgehead atoms. The van der Waals surface area contributed by atoms with Gasteiger partial charge in [-0.3, -0.25) is 0 Å². The molecule has 0 unspecified atom stereocenters. The van der Waals surface area contributed by atoms with Crippen LogP contribution in [0.25, 0.3) is 0 Å². The van der Waals surface area contributed by atoms with Crippen LogP contribution in [0.3, 0.4) is 0 Å². The Morgan fingerprint density at radius 3 is 2.33 bits per heavy atom. The second-order valence-corrected chi connectivity index (χ2v) is 4.89. The molecule has 1 N–H and O–H groups in total. The number of hydrogen-bond acceptors (Lipinski definition) is 3. The van der Waals surface area contributed by atoms with Gasteiger partial charge in [-0.25, -0.2) is 9.97 Å². The van der Waals surface area contributed by atoms with E-state index in [0.717, 1.165) is 22.6 Å². The molecule has 2 rings (SSSR count). The minimum absolute atomic E-state index is 0.356. The van der Waals surface area contributed by atoms with Gasteiger partial charge in [0.25, 0.3) is 0 Å². The van der Waals surface area contributed by atoms with E-state index in [-0.39, 0.29) is 0 Å². The minimum Gasteiger partial charge on any atom is -0.338 e. The predicted octanol–water partition coefficient (Wildman–Crippen LogP) is 4.45. The fourth-order valence-electron chi connectivity index (χ4n) is 1.46. The number of anilines is 2. The largest absolute Gasteiger partial charge is 0.338 e. The van der Waals surface area contributed by atoms with Gasteiger partial charge >= 0.3 is 0 Å². The third kappa shape index (κ3) is 2.74. The van der Waals surface area contributed by atoms with Crippen molar-refractivity contribution in [2.24, 2.45) is 0 Å². The molecule has 0 radical (unpaired) electrons. The summed E-state index contributed by atoms with van der Waals surface area (Å²) >= 11 is 12.1. The van der Waals surface area contributed by atoms with Crippen molar-refractivity contribution in [3.05, 3.63) is 45.3 Å². The van der Waals surface area contributed by atoms with Crippen LogP contribution in [0.5, 0.6) is 0 Å². The third-order valence-corrected chi connectivity index (χ3v) is 3.37. The summed E-state index contributed by atoms with van der Waals surface area (Å²) in [4.78, 5) is 8.59. The maximum absolute atomic E-state index is 6.07. The van der Waals surface area contributed by atoms with Crippen LogP contribution < -0.4 is 5.32 Å². The molecule has 0 saturated heterocycles. The summed E-state index contributed by atoms with van der Waals surface area (Å²) in [6.07, 6.45) is 0. The lowest BCUT2D eigenvalue weighted by Gasteiger charge is -2.10. The fourth-order valence-corrected chi connectivity index (χ4v) is 1.86. The van der Waals surface area contributed by atoms with Gasteiger partial charge in [-0.05, 0) is 38.5 Å². The molecule has 5 heteroatoms. The van der Waals surface area contributed by atoms with Gasteiger partial charge in [-0.1, -0.05) is 29.3 Å². The number of hydrogen-bond donors (Lipinski definition) is 1. The van der Waals surface area contributed by atoms with Gasteiger partial charge in [-0.2, -0.15) is 0 Å². The second kappa shape index (κ2) is 5.12. The Morgan fingerprint density at radius 1 is 1.00 bits per heavy atom. The van der Waals surface area contributed by atoms with Crippen molar-refractivity contribution in [2.75, 3.05) is 5.32 Å². The lowest BCUT2D eigenvalue weighted by molar-refractivity contribution is 1.05. The van der Waals surface area contributed by atoms with Crippen LogP contribution in [0.15, 0.2) is 18.2 Å². The van der Waals surface area contributed by atoms with E-state index in [1.165, 1.54) is 0 Å². The van der Waals surface area contributed by atoms with E-state index in [9.17, 15) is 0 Å². The van der Waals surface area contributed by atoms with Gasteiger partial charge < -0.3 is 5.32 Å². The summed E-state index contributed by atoms with van der Waals surface area (Å²) in [5.74, 6) is 0.541. The zero-order valence-electron chi connectivity index (χ0n) is 10.4. The highest BCUT2D eigenvalue weighted by atomic mass is 35.5. The van der Waals surface area contributed by atoms with Gasteiger partial charge in [0.15, 0.2) is 11.0 Å². The molecule has 0 amide bonds. The van der Waals surface area contributed by atoms with Crippen LogP contribution in [0, 0.1) is 20.8 Å². The number of aryl methyl sites for hydroxylation is 3. The molecular weight excluding hydrogens is 269 g/mol. The Labute approximate surface area is 116 Å². The first-order valence-electron chi connectivity index (χ1n) is 5.51. The van der Waals surface area contributed by atoms with Gasteiger partial charge in [0.2, 0.25) is 0 Å². The number of nitrogens with zero attached hydrogens (tertiary/aromatic N) is 2. The Hall–Kier alpha value is -1.32. The first-order valence-corrected chi connectivity index (χ1v) is 6.27. The summed E-state index contributed by atoms with van der Waals surface area (Å²) in [5.41, 5.74) is 3.54. The molecule has 1 aromatic heterocycles. The predicted molar refractivity (Wildman–Crippen MR) is 76.0 cm³/mol. The van der Waals surface area contributed by atoms with Crippen molar-refractivity contribution in [1.29, 1.82) is 0 Å². The maximum atomic E-state index is 6.07.